The first-order valence-electron chi connectivity index (χ1n) is 13.5. The number of carbonyl (C=O) groups is 4. The van der Waals surface area contributed by atoms with Gasteiger partial charge in [-0.3, -0.25) is 4.79 Å². The molecule has 1 heterocycles. The largest absolute Gasteiger partial charge is 0.491 e. The number of halogens is 3. The van der Waals surface area contributed by atoms with E-state index in [1.54, 1.807) is 6.07 Å². The van der Waals surface area contributed by atoms with Crippen LogP contribution in [-0.4, -0.2) is 61.1 Å². The summed E-state index contributed by atoms with van der Waals surface area (Å²) in [5, 5.41) is 2.28. The van der Waals surface area contributed by atoms with Crippen molar-refractivity contribution in [1.82, 2.24) is 10.2 Å². The van der Waals surface area contributed by atoms with Gasteiger partial charge in [0.1, 0.15) is 11.8 Å². The summed E-state index contributed by atoms with van der Waals surface area (Å²) in [6, 6.07) is 11.4. The van der Waals surface area contributed by atoms with Gasteiger partial charge in [-0.05, 0) is 68.6 Å². The summed E-state index contributed by atoms with van der Waals surface area (Å²) in [5.41, 5.74) is 0.679. The number of likely N-dealkylation sites (tertiary alicyclic amines) is 1. The summed E-state index contributed by atoms with van der Waals surface area (Å²) in [6.07, 6.45) is -1.27. The molecule has 12 heteroatoms. The molecule has 0 radical (unpaired) electrons. The van der Waals surface area contributed by atoms with E-state index in [1.165, 1.54) is 38.1 Å². The van der Waals surface area contributed by atoms with Gasteiger partial charge >= 0.3 is 24.1 Å². The maximum Gasteiger partial charge on any atom is 0.491 e. The lowest BCUT2D eigenvalue weighted by Crippen LogP contribution is -2.47. The van der Waals surface area contributed by atoms with E-state index in [0.29, 0.717) is 5.75 Å². The highest BCUT2D eigenvalue weighted by Gasteiger charge is 2.44. The van der Waals surface area contributed by atoms with E-state index in [1.807, 2.05) is 18.2 Å². The molecule has 0 saturated carbocycles. The summed E-state index contributed by atoms with van der Waals surface area (Å²) >= 11 is 0. The quantitative estimate of drug-likeness (QED) is 0.250. The van der Waals surface area contributed by atoms with E-state index in [9.17, 15) is 32.3 Å². The molecule has 42 heavy (non-hydrogen) atoms. The van der Waals surface area contributed by atoms with Crippen molar-refractivity contribution in [3.63, 3.8) is 0 Å². The van der Waals surface area contributed by atoms with Gasteiger partial charge in [-0.25, -0.2) is 14.4 Å². The summed E-state index contributed by atoms with van der Waals surface area (Å²) in [4.78, 5) is 52.0. The molecule has 3 rings (SSSR count). The summed E-state index contributed by atoms with van der Waals surface area (Å²) in [5.74, 6) is -6.43. The van der Waals surface area contributed by atoms with Crippen LogP contribution in [0.15, 0.2) is 48.5 Å². The molecule has 0 aromatic heterocycles. The zero-order valence-electron chi connectivity index (χ0n) is 24.0. The molecule has 0 bridgehead atoms. The monoisotopic (exact) mass is 610 g/mol. The van der Waals surface area contributed by atoms with Crippen LogP contribution in [0.2, 0.25) is 0 Å². The maximum absolute atomic E-state index is 13.2. The Balaban J connectivity index is 0.00000616. The van der Waals surface area contributed by atoms with Gasteiger partial charge in [0.05, 0.1) is 11.1 Å². The predicted octanol–water partition coefficient (Wildman–Crippen LogP) is 5.17. The van der Waals surface area contributed by atoms with Crippen LogP contribution >= 0.6 is 13.5 Å². The first-order valence-corrected chi connectivity index (χ1v) is 13.5. The van der Waals surface area contributed by atoms with Crippen LogP contribution in [0.25, 0.3) is 0 Å². The highest BCUT2D eigenvalue weighted by Crippen LogP contribution is 2.37. The number of nitrogens with one attached hydrogen (secondary N) is 1. The minimum absolute atomic E-state index is 0. The fourth-order valence-electron chi connectivity index (χ4n) is 5.09. The van der Waals surface area contributed by atoms with E-state index in [-0.39, 0.29) is 30.0 Å². The number of hydrogen-bond donors (Lipinski definition) is 1. The van der Waals surface area contributed by atoms with Gasteiger partial charge in [0.15, 0.2) is 0 Å². The van der Waals surface area contributed by atoms with Gasteiger partial charge in [0.2, 0.25) is 0 Å². The Bertz CT molecular complexity index is 1290. The molecular formula is C30H37F3N2O6S. The minimum atomic E-state index is -5.38. The average molecular weight is 611 g/mol. The van der Waals surface area contributed by atoms with Crippen LogP contribution in [-0.2, 0) is 19.7 Å². The highest BCUT2D eigenvalue weighted by atomic mass is 32.1. The Morgan fingerprint density at radius 2 is 1.69 bits per heavy atom. The van der Waals surface area contributed by atoms with Crippen molar-refractivity contribution >= 4 is 37.3 Å². The molecule has 2 atom stereocenters. The molecule has 1 aliphatic heterocycles. The first kappa shape index (κ1) is 34.8. The third kappa shape index (κ3) is 8.57. The lowest BCUT2D eigenvalue weighted by Gasteiger charge is -2.35. The van der Waals surface area contributed by atoms with E-state index in [0.717, 1.165) is 44.3 Å². The second-order valence-corrected chi connectivity index (χ2v) is 10.7. The van der Waals surface area contributed by atoms with Crippen LogP contribution in [0.5, 0.6) is 5.75 Å². The van der Waals surface area contributed by atoms with Crippen molar-refractivity contribution in [3.05, 3.63) is 65.2 Å². The van der Waals surface area contributed by atoms with E-state index >= 15 is 0 Å². The number of likely N-dealkylation sites (N-methyl/N-ethyl adjacent to an activating group) is 1. The normalized spacial score (nSPS) is 18.3. The van der Waals surface area contributed by atoms with Crippen molar-refractivity contribution < 1.29 is 41.8 Å². The van der Waals surface area contributed by atoms with Crippen LogP contribution in [0, 0.1) is 5.92 Å². The fourth-order valence-corrected chi connectivity index (χ4v) is 5.09. The number of hydrogen-bond acceptors (Lipinski definition) is 7. The van der Waals surface area contributed by atoms with Crippen molar-refractivity contribution in [1.29, 1.82) is 0 Å². The SMILES string of the molecule is CCC1(c2cccc(OC(=O)c3ccccc3C(=O)N[C@H](C(=O)OC(=O)C(F)(F)F)C(C)C)c2)CCCCN(C)C1.S. The predicted molar refractivity (Wildman–Crippen MR) is 155 cm³/mol. The molecule has 1 amide bonds. The summed E-state index contributed by atoms with van der Waals surface area (Å²) < 4.78 is 47.3. The molecule has 1 N–H and O–H groups in total. The molecule has 8 nitrogen and oxygen atoms in total. The number of esters is 3. The van der Waals surface area contributed by atoms with E-state index in [2.05, 4.69) is 28.9 Å². The number of carbonyl (C=O) groups excluding carboxylic acids is 4. The Morgan fingerprint density at radius 1 is 1.02 bits per heavy atom. The van der Waals surface area contributed by atoms with Gasteiger partial charge in [0.25, 0.3) is 5.91 Å². The van der Waals surface area contributed by atoms with Crippen molar-refractivity contribution in [2.24, 2.45) is 5.92 Å². The number of ether oxygens (including phenoxy) is 2. The summed E-state index contributed by atoms with van der Waals surface area (Å²) in [7, 11) is 2.10. The van der Waals surface area contributed by atoms with Crippen molar-refractivity contribution in [3.8, 4) is 5.75 Å². The molecule has 0 aliphatic carbocycles. The standard InChI is InChI=1S/C30H35F3N2O6.H2S/c1-5-29(15-8-9-16-35(4)18-29)20-11-10-12-21(17-20)40-26(37)23-14-7-6-13-22(23)25(36)34-24(19(2)3)27(38)41-28(39)30(31,32)33;/h6-7,10-14,17,19,24H,5,8-9,15-16,18H2,1-4H3,(H,34,36);1H2/t24-,29?;/m0./s1. The minimum Gasteiger partial charge on any atom is -0.423 e. The fraction of sp³-hybridized carbons (Fsp3) is 0.467. The number of amides is 1. The molecule has 230 valence electrons. The topological polar surface area (TPSA) is 102 Å². The van der Waals surface area contributed by atoms with Gasteiger partial charge in [-0.15, -0.1) is 0 Å². The van der Waals surface area contributed by atoms with Crippen LogP contribution in [0.4, 0.5) is 13.2 Å². The molecule has 0 spiro atoms. The second-order valence-electron chi connectivity index (χ2n) is 10.7. The Labute approximate surface area is 250 Å². The molecule has 1 saturated heterocycles. The Morgan fingerprint density at radius 3 is 2.31 bits per heavy atom. The maximum atomic E-state index is 13.2. The van der Waals surface area contributed by atoms with E-state index < -0.39 is 42.0 Å². The molecule has 2 aromatic rings. The zero-order valence-corrected chi connectivity index (χ0v) is 25.0. The molecule has 1 aliphatic rings. The Hall–Kier alpha value is -3.38. The second kappa shape index (κ2) is 14.7. The number of nitrogens with zero attached hydrogens (tertiary/aromatic N) is 1. The molecule has 1 fully saturated rings. The van der Waals surface area contributed by atoms with Crippen LogP contribution in [0.3, 0.4) is 0 Å². The third-order valence-electron chi connectivity index (χ3n) is 7.38. The van der Waals surface area contributed by atoms with Gasteiger partial charge in [-0.1, -0.05) is 51.5 Å². The highest BCUT2D eigenvalue weighted by molar-refractivity contribution is 7.59. The zero-order chi connectivity index (χ0) is 30.4. The lowest BCUT2D eigenvalue weighted by atomic mass is 9.74. The molecule has 2 aromatic carbocycles. The van der Waals surface area contributed by atoms with Crippen LogP contribution < -0.4 is 10.1 Å². The third-order valence-corrected chi connectivity index (χ3v) is 7.38. The lowest BCUT2D eigenvalue weighted by molar-refractivity contribution is -0.202. The molecule has 1 unspecified atom stereocenters. The number of alkyl halides is 3. The first-order chi connectivity index (χ1) is 19.3. The smallest absolute Gasteiger partial charge is 0.423 e. The van der Waals surface area contributed by atoms with E-state index in [4.69, 9.17) is 4.74 Å². The Kier molecular flexibility index (Phi) is 12.2. The molecular weight excluding hydrogens is 573 g/mol. The number of rotatable bonds is 8. The van der Waals surface area contributed by atoms with Crippen molar-refractivity contribution in [2.45, 2.75) is 64.1 Å². The number of benzene rings is 2. The average Bonchev–Trinajstić information content (AvgIpc) is 3.12. The van der Waals surface area contributed by atoms with Crippen molar-refractivity contribution in [2.75, 3.05) is 20.1 Å². The van der Waals surface area contributed by atoms with Crippen LogP contribution in [0.1, 0.15) is 72.7 Å². The summed E-state index contributed by atoms with van der Waals surface area (Å²) in [6.45, 7) is 6.94. The van der Waals surface area contributed by atoms with Gasteiger partial charge in [0, 0.05) is 12.0 Å². The van der Waals surface area contributed by atoms with Gasteiger partial charge < -0.3 is 19.7 Å². The van der Waals surface area contributed by atoms with Gasteiger partial charge in [-0.2, -0.15) is 26.7 Å².